The van der Waals surface area contributed by atoms with E-state index in [1.165, 1.54) is 5.56 Å². The summed E-state index contributed by atoms with van der Waals surface area (Å²) in [5.41, 5.74) is 1.44. The molecule has 2 nitrogen and oxygen atoms in total. The fourth-order valence-corrected chi connectivity index (χ4v) is 2.55. The molecule has 0 aromatic heterocycles. The average Bonchev–Trinajstić information content (AvgIpc) is 2.15. The van der Waals surface area contributed by atoms with Gasteiger partial charge >= 0.3 is 0 Å². The zero-order chi connectivity index (χ0) is 9.60. The highest BCUT2D eigenvalue weighted by Crippen LogP contribution is 2.36. The maximum absolute atomic E-state index is 6.03. The van der Waals surface area contributed by atoms with Crippen molar-refractivity contribution in [3.05, 3.63) is 28.2 Å². The lowest BCUT2D eigenvalue weighted by Gasteiger charge is -2.45. The van der Waals surface area contributed by atoms with Crippen molar-refractivity contribution in [2.45, 2.75) is 18.4 Å². The Balaban J connectivity index is 0.000000853. The number of rotatable bonds is 0. The van der Waals surface area contributed by atoms with Gasteiger partial charge in [-0.25, -0.2) is 0 Å². The highest BCUT2D eigenvalue weighted by Gasteiger charge is 2.41. The molecule has 0 unspecified atom stereocenters. The first-order valence-electron chi connectivity index (χ1n) is 4.96. The normalized spacial score (nSPS) is 20.9. The van der Waals surface area contributed by atoms with Gasteiger partial charge in [0.15, 0.2) is 0 Å². The first-order valence-corrected chi connectivity index (χ1v) is 5.75. The summed E-state index contributed by atoms with van der Waals surface area (Å²) in [7, 11) is 0. The smallest absolute Gasteiger partial charge is 0.134 e. The van der Waals surface area contributed by atoms with Gasteiger partial charge in [0.25, 0.3) is 0 Å². The Morgan fingerprint density at radius 1 is 1.33 bits per heavy atom. The van der Waals surface area contributed by atoms with Crippen LogP contribution in [0.5, 0.6) is 5.75 Å². The van der Waals surface area contributed by atoms with Gasteiger partial charge in [0, 0.05) is 17.6 Å². The van der Waals surface area contributed by atoms with Crippen LogP contribution in [0.1, 0.15) is 12.0 Å². The van der Waals surface area contributed by atoms with Crippen LogP contribution in [-0.4, -0.2) is 18.7 Å². The van der Waals surface area contributed by atoms with E-state index in [9.17, 15) is 0 Å². The van der Waals surface area contributed by atoms with E-state index in [0.29, 0.717) is 0 Å². The second-order valence-electron chi connectivity index (χ2n) is 4.14. The van der Waals surface area contributed by atoms with Crippen LogP contribution in [-0.2, 0) is 6.42 Å². The van der Waals surface area contributed by atoms with Crippen molar-refractivity contribution in [1.82, 2.24) is 5.32 Å². The van der Waals surface area contributed by atoms with Crippen molar-refractivity contribution in [2.24, 2.45) is 0 Å². The van der Waals surface area contributed by atoms with E-state index in [1.807, 2.05) is 6.07 Å². The second kappa shape index (κ2) is 3.96. The average molecular weight is 291 g/mol. The largest absolute Gasteiger partial charge is 0.484 e. The fourth-order valence-electron chi connectivity index (χ4n) is 2.14. The molecule has 1 aromatic rings. The summed E-state index contributed by atoms with van der Waals surface area (Å²) in [5.74, 6) is 1.07. The van der Waals surface area contributed by atoms with Gasteiger partial charge in [0.2, 0.25) is 0 Å². The lowest BCUT2D eigenvalue weighted by atomic mass is 9.86. The monoisotopic (exact) mass is 289 g/mol. The quantitative estimate of drug-likeness (QED) is 0.793. The third-order valence-electron chi connectivity index (χ3n) is 3.09. The van der Waals surface area contributed by atoms with Crippen LogP contribution < -0.4 is 10.1 Å². The summed E-state index contributed by atoms with van der Waals surface area (Å²) in [6.07, 6.45) is 2.28. The molecule has 3 rings (SSSR count). The van der Waals surface area contributed by atoms with E-state index < -0.39 is 0 Å². The predicted molar refractivity (Wildman–Crippen MR) is 65.9 cm³/mol. The molecule has 2 aliphatic rings. The summed E-state index contributed by atoms with van der Waals surface area (Å²) in [6.45, 7) is 2.00. The fraction of sp³-hybridized carbons (Fsp3) is 0.455. The Morgan fingerprint density at radius 3 is 2.80 bits per heavy atom. The van der Waals surface area contributed by atoms with Gasteiger partial charge in [0.1, 0.15) is 11.4 Å². The molecule has 1 fully saturated rings. The van der Waals surface area contributed by atoms with E-state index in [0.717, 1.165) is 36.2 Å². The molecule has 4 heteroatoms. The number of benzene rings is 1. The molecule has 0 radical (unpaired) electrons. The maximum atomic E-state index is 6.03. The van der Waals surface area contributed by atoms with Gasteiger partial charge < -0.3 is 10.1 Å². The van der Waals surface area contributed by atoms with Gasteiger partial charge in [-0.05, 0) is 36.6 Å². The van der Waals surface area contributed by atoms with Crippen LogP contribution in [0, 0.1) is 0 Å². The highest BCUT2D eigenvalue weighted by molar-refractivity contribution is 9.10. The van der Waals surface area contributed by atoms with E-state index in [1.54, 1.807) is 0 Å². The SMILES string of the molecule is Brc1ccc2c(c1)CCC1(CNC1)O2.Cl. The van der Waals surface area contributed by atoms with E-state index >= 15 is 0 Å². The van der Waals surface area contributed by atoms with Crippen molar-refractivity contribution in [3.8, 4) is 5.75 Å². The van der Waals surface area contributed by atoms with Gasteiger partial charge in [-0.3, -0.25) is 0 Å². The second-order valence-corrected chi connectivity index (χ2v) is 5.06. The minimum Gasteiger partial charge on any atom is -0.484 e. The van der Waals surface area contributed by atoms with Crippen molar-refractivity contribution in [3.63, 3.8) is 0 Å². The Labute approximate surface area is 104 Å². The van der Waals surface area contributed by atoms with Crippen molar-refractivity contribution in [2.75, 3.05) is 13.1 Å². The summed E-state index contributed by atoms with van der Waals surface area (Å²) < 4.78 is 7.17. The molecule has 0 amide bonds. The highest BCUT2D eigenvalue weighted by atomic mass is 79.9. The molecule has 0 bridgehead atoms. The van der Waals surface area contributed by atoms with Crippen molar-refractivity contribution < 1.29 is 4.74 Å². The molecule has 0 atom stereocenters. The number of hydrogen-bond acceptors (Lipinski definition) is 2. The number of halogens is 2. The lowest BCUT2D eigenvalue weighted by Crippen LogP contribution is -2.64. The number of aryl methyl sites for hydroxylation is 1. The molecule has 1 N–H and O–H groups in total. The van der Waals surface area contributed by atoms with Gasteiger partial charge in [-0.15, -0.1) is 12.4 Å². The zero-order valence-electron chi connectivity index (χ0n) is 8.25. The van der Waals surface area contributed by atoms with Crippen LogP contribution >= 0.6 is 28.3 Å². The Bertz CT molecular complexity index is 379. The summed E-state index contributed by atoms with van der Waals surface area (Å²) >= 11 is 3.48. The van der Waals surface area contributed by atoms with Crippen LogP contribution in [0.25, 0.3) is 0 Å². The molecule has 1 aromatic carbocycles. The Hall–Kier alpha value is -0.250. The zero-order valence-corrected chi connectivity index (χ0v) is 10.7. The molecule has 82 valence electrons. The van der Waals surface area contributed by atoms with Crippen LogP contribution in [0.15, 0.2) is 22.7 Å². The minimum atomic E-state index is 0. The van der Waals surface area contributed by atoms with Gasteiger partial charge in [-0.1, -0.05) is 15.9 Å². The maximum Gasteiger partial charge on any atom is 0.134 e. The van der Waals surface area contributed by atoms with Crippen LogP contribution in [0.4, 0.5) is 0 Å². The summed E-state index contributed by atoms with van der Waals surface area (Å²) in [6, 6.07) is 6.27. The molecule has 0 saturated carbocycles. The topological polar surface area (TPSA) is 21.3 Å². The minimum absolute atomic E-state index is 0. The Morgan fingerprint density at radius 2 is 2.13 bits per heavy atom. The standard InChI is InChI=1S/C11H12BrNO.ClH/c12-9-1-2-10-8(5-9)3-4-11(14-10)6-13-7-11;/h1-2,5,13H,3-4,6-7H2;1H. The molecular weight excluding hydrogens is 277 g/mol. The first-order chi connectivity index (χ1) is 6.77. The van der Waals surface area contributed by atoms with Gasteiger partial charge in [0.05, 0.1) is 0 Å². The molecular formula is C11H13BrClNO. The molecule has 2 heterocycles. The third-order valence-corrected chi connectivity index (χ3v) is 3.59. The van der Waals surface area contributed by atoms with Crippen LogP contribution in [0.3, 0.4) is 0 Å². The number of fused-ring (bicyclic) bond motifs is 1. The summed E-state index contributed by atoms with van der Waals surface area (Å²) in [4.78, 5) is 0. The summed E-state index contributed by atoms with van der Waals surface area (Å²) in [5, 5.41) is 3.28. The molecule has 2 aliphatic heterocycles. The molecule has 1 saturated heterocycles. The van der Waals surface area contributed by atoms with Crippen molar-refractivity contribution >= 4 is 28.3 Å². The van der Waals surface area contributed by atoms with Crippen molar-refractivity contribution in [1.29, 1.82) is 0 Å². The Kier molecular flexibility index (Phi) is 2.97. The third kappa shape index (κ3) is 1.88. The van der Waals surface area contributed by atoms with Crippen LogP contribution in [0.2, 0.25) is 0 Å². The van der Waals surface area contributed by atoms with E-state index in [2.05, 4.69) is 33.4 Å². The van der Waals surface area contributed by atoms with Gasteiger partial charge in [-0.2, -0.15) is 0 Å². The van der Waals surface area contributed by atoms with E-state index in [-0.39, 0.29) is 18.0 Å². The number of hydrogen-bond donors (Lipinski definition) is 1. The molecule has 1 spiro atoms. The lowest BCUT2D eigenvalue weighted by molar-refractivity contribution is -0.00234. The van der Waals surface area contributed by atoms with E-state index in [4.69, 9.17) is 4.74 Å². The molecule has 15 heavy (non-hydrogen) atoms. The first kappa shape index (κ1) is 11.2. The molecule has 0 aliphatic carbocycles. The number of ether oxygens (including phenoxy) is 1. The number of nitrogens with one attached hydrogen (secondary N) is 1. The predicted octanol–water partition coefficient (Wildman–Crippen LogP) is 2.54.